The second-order valence-corrected chi connectivity index (χ2v) is 8.00. The van der Waals surface area contributed by atoms with Gasteiger partial charge in [0.1, 0.15) is 11.9 Å². The first kappa shape index (κ1) is 17.0. The number of aromatic nitrogens is 2. The zero-order chi connectivity index (χ0) is 18.1. The highest BCUT2D eigenvalue weighted by atomic mass is 32.1. The SMILES string of the molecule is CC(=O)N(Cc1ccsc1)C1CC12CCN(c1cnc(C#N)cn1)CC2. The first-order valence-electron chi connectivity index (χ1n) is 8.87. The maximum atomic E-state index is 12.2. The van der Waals surface area contributed by atoms with E-state index in [9.17, 15) is 4.79 Å². The second-order valence-electron chi connectivity index (χ2n) is 7.22. The summed E-state index contributed by atoms with van der Waals surface area (Å²) in [6.45, 7) is 4.23. The van der Waals surface area contributed by atoms with E-state index in [1.807, 2.05) is 6.07 Å². The highest BCUT2D eigenvalue weighted by molar-refractivity contribution is 7.07. The largest absolute Gasteiger partial charge is 0.355 e. The van der Waals surface area contributed by atoms with Gasteiger partial charge in [0.15, 0.2) is 5.69 Å². The van der Waals surface area contributed by atoms with Crippen LogP contribution in [0.5, 0.6) is 0 Å². The zero-order valence-electron chi connectivity index (χ0n) is 14.8. The van der Waals surface area contributed by atoms with E-state index in [0.717, 1.165) is 44.7 Å². The van der Waals surface area contributed by atoms with Gasteiger partial charge in [0.25, 0.3) is 0 Å². The quantitative estimate of drug-likeness (QED) is 0.831. The van der Waals surface area contributed by atoms with Crippen LogP contribution in [-0.2, 0) is 11.3 Å². The second kappa shape index (κ2) is 6.69. The average molecular weight is 367 g/mol. The fourth-order valence-corrected chi connectivity index (χ4v) is 4.71. The van der Waals surface area contributed by atoms with E-state index in [1.54, 1.807) is 24.5 Å². The molecular weight excluding hydrogens is 346 g/mol. The first-order chi connectivity index (χ1) is 12.6. The van der Waals surface area contributed by atoms with Crippen molar-refractivity contribution < 1.29 is 4.79 Å². The summed E-state index contributed by atoms with van der Waals surface area (Å²) in [4.78, 5) is 24.9. The molecule has 0 aromatic carbocycles. The summed E-state index contributed by atoms with van der Waals surface area (Å²) < 4.78 is 0. The number of amides is 1. The molecule has 1 spiro atoms. The van der Waals surface area contributed by atoms with E-state index in [0.29, 0.717) is 11.7 Å². The predicted octanol–water partition coefficient (Wildman–Crippen LogP) is 2.82. The lowest BCUT2D eigenvalue weighted by Gasteiger charge is -2.35. The minimum absolute atomic E-state index is 0.165. The maximum absolute atomic E-state index is 12.2. The smallest absolute Gasteiger partial charge is 0.220 e. The molecule has 0 N–H and O–H groups in total. The van der Waals surface area contributed by atoms with Crippen LogP contribution in [-0.4, -0.2) is 39.9 Å². The van der Waals surface area contributed by atoms with Crippen LogP contribution in [0.15, 0.2) is 29.2 Å². The minimum atomic E-state index is 0.165. The summed E-state index contributed by atoms with van der Waals surface area (Å²) in [7, 11) is 0. The van der Waals surface area contributed by atoms with Crippen molar-refractivity contribution in [1.82, 2.24) is 14.9 Å². The lowest BCUT2D eigenvalue weighted by Crippen LogP contribution is -2.40. The van der Waals surface area contributed by atoms with Gasteiger partial charge in [0, 0.05) is 32.6 Å². The topological polar surface area (TPSA) is 73.1 Å². The molecule has 1 atom stereocenters. The first-order valence-corrected chi connectivity index (χ1v) is 9.81. The highest BCUT2D eigenvalue weighted by Gasteiger charge is 2.58. The van der Waals surface area contributed by atoms with Gasteiger partial charge in [0.2, 0.25) is 5.91 Å². The van der Waals surface area contributed by atoms with Gasteiger partial charge in [-0.05, 0) is 47.1 Å². The summed E-state index contributed by atoms with van der Waals surface area (Å²) in [5.41, 5.74) is 1.82. The third-order valence-electron chi connectivity index (χ3n) is 5.70. The molecule has 2 aliphatic rings. The number of hydrogen-bond donors (Lipinski definition) is 0. The van der Waals surface area contributed by atoms with E-state index in [2.05, 4.69) is 36.6 Å². The number of piperidine rings is 1. The number of nitriles is 1. The third-order valence-corrected chi connectivity index (χ3v) is 6.43. The molecule has 7 heteroatoms. The van der Waals surface area contributed by atoms with E-state index in [-0.39, 0.29) is 11.3 Å². The van der Waals surface area contributed by atoms with Crippen LogP contribution in [0.25, 0.3) is 0 Å². The van der Waals surface area contributed by atoms with Crippen molar-refractivity contribution in [2.24, 2.45) is 5.41 Å². The van der Waals surface area contributed by atoms with Crippen LogP contribution >= 0.6 is 11.3 Å². The van der Waals surface area contributed by atoms with Crippen molar-refractivity contribution in [3.8, 4) is 6.07 Å². The molecule has 4 rings (SSSR count). The van der Waals surface area contributed by atoms with Crippen molar-refractivity contribution in [3.63, 3.8) is 0 Å². The molecule has 0 radical (unpaired) electrons. The number of anilines is 1. The Bertz CT molecular complexity index is 819. The van der Waals surface area contributed by atoms with Crippen LogP contribution in [0.1, 0.15) is 37.4 Å². The van der Waals surface area contributed by atoms with E-state index >= 15 is 0 Å². The molecule has 2 aromatic rings. The molecule has 3 heterocycles. The average Bonchev–Trinajstić information content (AvgIpc) is 3.09. The third kappa shape index (κ3) is 3.17. The fraction of sp³-hybridized carbons (Fsp3) is 0.474. The molecule has 1 amide bonds. The molecule has 134 valence electrons. The molecule has 1 aliphatic heterocycles. The number of carbonyl (C=O) groups excluding carboxylic acids is 1. The molecule has 2 fully saturated rings. The van der Waals surface area contributed by atoms with Gasteiger partial charge in [-0.2, -0.15) is 16.6 Å². The maximum Gasteiger partial charge on any atom is 0.220 e. The minimum Gasteiger partial charge on any atom is -0.355 e. The van der Waals surface area contributed by atoms with Gasteiger partial charge in [-0.1, -0.05) is 0 Å². The summed E-state index contributed by atoms with van der Waals surface area (Å²) in [5.74, 6) is 0.996. The number of thiophene rings is 1. The molecule has 1 aliphatic carbocycles. The normalized spacial score (nSPS) is 20.6. The Hall–Kier alpha value is -2.46. The lowest BCUT2D eigenvalue weighted by molar-refractivity contribution is -0.130. The van der Waals surface area contributed by atoms with Gasteiger partial charge >= 0.3 is 0 Å². The number of hydrogen-bond acceptors (Lipinski definition) is 6. The number of rotatable bonds is 4. The number of nitrogens with zero attached hydrogens (tertiary/aromatic N) is 5. The Morgan fingerprint density at radius 2 is 2.23 bits per heavy atom. The molecule has 26 heavy (non-hydrogen) atoms. The van der Waals surface area contributed by atoms with Crippen LogP contribution in [0, 0.1) is 16.7 Å². The Labute approximate surface area is 157 Å². The van der Waals surface area contributed by atoms with Crippen molar-refractivity contribution in [2.75, 3.05) is 18.0 Å². The van der Waals surface area contributed by atoms with Crippen LogP contribution in [0.3, 0.4) is 0 Å². The van der Waals surface area contributed by atoms with Gasteiger partial charge in [-0.25, -0.2) is 9.97 Å². The highest BCUT2D eigenvalue weighted by Crippen LogP contribution is 2.57. The Morgan fingerprint density at radius 3 is 2.81 bits per heavy atom. The summed E-state index contributed by atoms with van der Waals surface area (Å²) >= 11 is 1.68. The molecule has 1 saturated carbocycles. The van der Waals surface area contributed by atoms with Crippen molar-refractivity contribution in [2.45, 2.75) is 38.8 Å². The van der Waals surface area contributed by atoms with Crippen molar-refractivity contribution in [3.05, 3.63) is 40.5 Å². The monoisotopic (exact) mass is 367 g/mol. The Morgan fingerprint density at radius 1 is 1.42 bits per heavy atom. The zero-order valence-corrected chi connectivity index (χ0v) is 15.6. The van der Waals surface area contributed by atoms with Crippen molar-refractivity contribution in [1.29, 1.82) is 5.26 Å². The van der Waals surface area contributed by atoms with Gasteiger partial charge in [-0.15, -0.1) is 0 Å². The van der Waals surface area contributed by atoms with Crippen molar-refractivity contribution >= 4 is 23.1 Å². The van der Waals surface area contributed by atoms with E-state index < -0.39 is 0 Å². The van der Waals surface area contributed by atoms with Gasteiger partial charge in [0.05, 0.1) is 12.4 Å². The van der Waals surface area contributed by atoms with E-state index in [4.69, 9.17) is 5.26 Å². The standard InChI is InChI=1S/C19H21N5OS/c1-14(25)24(12-15-2-7-26-13-15)17-8-19(17)3-5-23(6-4-19)18-11-21-16(9-20)10-22-18/h2,7,10-11,13,17H,3-6,8,12H2,1H3. The van der Waals surface area contributed by atoms with Gasteiger partial charge in [-0.3, -0.25) is 4.79 Å². The van der Waals surface area contributed by atoms with Crippen LogP contribution in [0.2, 0.25) is 0 Å². The summed E-state index contributed by atoms with van der Waals surface area (Å²) in [6, 6.07) is 4.45. The molecule has 6 nitrogen and oxygen atoms in total. The summed E-state index contributed by atoms with van der Waals surface area (Å²) in [5, 5.41) is 13.0. The Kier molecular flexibility index (Phi) is 4.37. The molecule has 0 bridgehead atoms. The predicted molar refractivity (Wildman–Crippen MR) is 99.6 cm³/mol. The van der Waals surface area contributed by atoms with E-state index in [1.165, 1.54) is 11.8 Å². The van der Waals surface area contributed by atoms with Crippen LogP contribution < -0.4 is 4.90 Å². The molecule has 1 unspecified atom stereocenters. The number of carbonyl (C=O) groups is 1. The fourth-order valence-electron chi connectivity index (χ4n) is 4.05. The summed E-state index contributed by atoms with van der Waals surface area (Å²) in [6.07, 6.45) is 6.43. The Balaban J connectivity index is 1.39. The molecule has 1 saturated heterocycles. The van der Waals surface area contributed by atoms with Crippen LogP contribution in [0.4, 0.5) is 5.82 Å². The molecule has 2 aromatic heterocycles. The van der Waals surface area contributed by atoms with Gasteiger partial charge < -0.3 is 9.80 Å². The molecular formula is C19H21N5OS. The lowest BCUT2D eigenvalue weighted by atomic mass is 9.92.